The summed E-state index contributed by atoms with van der Waals surface area (Å²) < 4.78 is 3.25. The minimum atomic E-state index is -0.00361. The molecule has 2 aromatic rings. The number of hydrogen-bond acceptors (Lipinski definition) is 2. The van der Waals surface area contributed by atoms with E-state index in [0.717, 1.165) is 35.2 Å². The molecule has 2 rings (SSSR count). The van der Waals surface area contributed by atoms with Crippen molar-refractivity contribution in [2.24, 2.45) is 5.73 Å². The van der Waals surface area contributed by atoms with Gasteiger partial charge in [-0.1, -0.05) is 35.0 Å². The summed E-state index contributed by atoms with van der Waals surface area (Å²) in [4.78, 5) is 4.39. The van der Waals surface area contributed by atoms with E-state index in [0.29, 0.717) is 0 Å². The standard InChI is InChI=1S/C14H18BrN3/c1-2-8-18-9-7-17-14(18)10-13(16)11-3-5-12(15)6-4-11/h3-7,9,13H,2,8,10,16H2,1H3. The van der Waals surface area contributed by atoms with E-state index < -0.39 is 0 Å². The van der Waals surface area contributed by atoms with E-state index in [-0.39, 0.29) is 6.04 Å². The topological polar surface area (TPSA) is 43.8 Å². The number of benzene rings is 1. The molecule has 1 heterocycles. The molecule has 0 aliphatic heterocycles. The molecule has 1 aromatic heterocycles. The third-order valence-corrected chi connectivity index (χ3v) is 3.50. The molecule has 0 saturated carbocycles. The molecular formula is C14H18BrN3. The predicted octanol–water partition coefficient (Wildman–Crippen LogP) is 3.30. The second kappa shape index (κ2) is 6.16. The first-order valence-corrected chi connectivity index (χ1v) is 7.01. The third-order valence-electron chi connectivity index (χ3n) is 2.97. The highest BCUT2D eigenvalue weighted by Gasteiger charge is 2.10. The van der Waals surface area contributed by atoms with Crippen LogP contribution in [0.4, 0.5) is 0 Å². The molecule has 1 atom stereocenters. The second-order valence-corrected chi connectivity index (χ2v) is 5.31. The van der Waals surface area contributed by atoms with Gasteiger partial charge in [0.25, 0.3) is 0 Å². The van der Waals surface area contributed by atoms with Gasteiger partial charge in [-0.05, 0) is 24.1 Å². The SMILES string of the molecule is CCCn1ccnc1CC(N)c1ccc(Br)cc1. The Hall–Kier alpha value is -1.13. The number of nitrogens with two attached hydrogens (primary N) is 1. The van der Waals surface area contributed by atoms with Crippen LogP contribution in [0.25, 0.3) is 0 Å². The van der Waals surface area contributed by atoms with Gasteiger partial charge in [-0.3, -0.25) is 0 Å². The Morgan fingerprint density at radius 1 is 1.33 bits per heavy atom. The van der Waals surface area contributed by atoms with Crippen molar-refractivity contribution in [3.63, 3.8) is 0 Å². The Balaban J connectivity index is 2.08. The Labute approximate surface area is 116 Å². The van der Waals surface area contributed by atoms with Crippen LogP contribution in [0, 0.1) is 0 Å². The molecule has 4 heteroatoms. The summed E-state index contributed by atoms with van der Waals surface area (Å²) in [7, 11) is 0. The lowest BCUT2D eigenvalue weighted by atomic mass is 10.0. The number of halogens is 1. The molecule has 0 spiro atoms. The number of hydrogen-bond donors (Lipinski definition) is 1. The molecule has 0 saturated heterocycles. The van der Waals surface area contributed by atoms with Crippen LogP contribution in [0.5, 0.6) is 0 Å². The highest BCUT2D eigenvalue weighted by atomic mass is 79.9. The molecule has 1 aromatic carbocycles. The summed E-state index contributed by atoms with van der Waals surface area (Å²) in [6, 6.07) is 8.15. The van der Waals surface area contributed by atoms with Gasteiger partial charge in [-0.25, -0.2) is 4.98 Å². The van der Waals surface area contributed by atoms with Gasteiger partial charge in [0, 0.05) is 35.9 Å². The maximum Gasteiger partial charge on any atom is 0.110 e. The highest BCUT2D eigenvalue weighted by molar-refractivity contribution is 9.10. The summed E-state index contributed by atoms with van der Waals surface area (Å²) in [6.07, 6.45) is 5.75. The van der Waals surface area contributed by atoms with Crippen LogP contribution in [0.1, 0.15) is 30.8 Å². The minimum absolute atomic E-state index is 0.00361. The maximum atomic E-state index is 6.23. The van der Waals surface area contributed by atoms with Crippen molar-refractivity contribution in [1.82, 2.24) is 9.55 Å². The van der Waals surface area contributed by atoms with Gasteiger partial charge >= 0.3 is 0 Å². The van der Waals surface area contributed by atoms with Crippen LogP contribution in [0.15, 0.2) is 41.1 Å². The van der Waals surface area contributed by atoms with Crippen molar-refractivity contribution < 1.29 is 0 Å². The normalized spacial score (nSPS) is 12.6. The summed E-state index contributed by atoms with van der Waals surface area (Å²) in [6.45, 7) is 3.17. The van der Waals surface area contributed by atoms with Crippen molar-refractivity contribution in [2.75, 3.05) is 0 Å². The fourth-order valence-corrected chi connectivity index (χ4v) is 2.26. The Morgan fingerprint density at radius 3 is 2.72 bits per heavy atom. The summed E-state index contributed by atoms with van der Waals surface area (Å²) >= 11 is 3.43. The van der Waals surface area contributed by atoms with Gasteiger partial charge in [-0.15, -0.1) is 0 Å². The van der Waals surface area contributed by atoms with Crippen LogP contribution >= 0.6 is 15.9 Å². The van der Waals surface area contributed by atoms with E-state index in [1.165, 1.54) is 0 Å². The van der Waals surface area contributed by atoms with E-state index in [2.05, 4.69) is 44.5 Å². The quantitative estimate of drug-likeness (QED) is 0.921. The molecule has 0 aliphatic rings. The largest absolute Gasteiger partial charge is 0.335 e. The van der Waals surface area contributed by atoms with E-state index in [9.17, 15) is 0 Å². The lowest BCUT2D eigenvalue weighted by Gasteiger charge is -2.13. The fourth-order valence-electron chi connectivity index (χ4n) is 2.00. The smallest absolute Gasteiger partial charge is 0.110 e. The number of imidazole rings is 1. The maximum absolute atomic E-state index is 6.23. The molecule has 96 valence electrons. The molecule has 3 nitrogen and oxygen atoms in total. The minimum Gasteiger partial charge on any atom is -0.335 e. The van der Waals surface area contributed by atoms with Crippen LogP contribution in [-0.2, 0) is 13.0 Å². The van der Waals surface area contributed by atoms with Crippen molar-refractivity contribution in [3.8, 4) is 0 Å². The molecule has 0 radical (unpaired) electrons. The van der Waals surface area contributed by atoms with E-state index in [1.807, 2.05) is 24.5 Å². The first-order valence-electron chi connectivity index (χ1n) is 6.21. The number of rotatable bonds is 5. The van der Waals surface area contributed by atoms with Gasteiger partial charge < -0.3 is 10.3 Å². The molecule has 0 fully saturated rings. The zero-order valence-corrected chi connectivity index (χ0v) is 12.1. The number of nitrogens with zero attached hydrogens (tertiary/aromatic N) is 2. The molecule has 18 heavy (non-hydrogen) atoms. The Morgan fingerprint density at radius 2 is 2.06 bits per heavy atom. The fraction of sp³-hybridized carbons (Fsp3) is 0.357. The summed E-state index contributed by atoms with van der Waals surface area (Å²) in [5.74, 6) is 1.06. The van der Waals surface area contributed by atoms with E-state index in [1.54, 1.807) is 0 Å². The van der Waals surface area contributed by atoms with Crippen LogP contribution in [-0.4, -0.2) is 9.55 Å². The van der Waals surface area contributed by atoms with E-state index in [4.69, 9.17) is 5.73 Å². The van der Waals surface area contributed by atoms with Crippen molar-refractivity contribution in [3.05, 3.63) is 52.5 Å². The van der Waals surface area contributed by atoms with Crippen molar-refractivity contribution in [1.29, 1.82) is 0 Å². The molecule has 0 bridgehead atoms. The van der Waals surface area contributed by atoms with Crippen LogP contribution < -0.4 is 5.73 Å². The average Bonchev–Trinajstić information content (AvgIpc) is 2.78. The average molecular weight is 308 g/mol. The second-order valence-electron chi connectivity index (χ2n) is 4.40. The monoisotopic (exact) mass is 307 g/mol. The van der Waals surface area contributed by atoms with Crippen LogP contribution in [0.3, 0.4) is 0 Å². The lowest BCUT2D eigenvalue weighted by Crippen LogP contribution is -2.16. The summed E-state index contributed by atoms with van der Waals surface area (Å²) in [5, 5.41) is 0. The first-order chi connectivity index (χ1) is 8.70. The van der Waals surface area contributed by atoms with Gasteiger partial charge in [0.1, 0.15) is 5.82 Å². The highest BCUT2D eigenvalue weighted by Crippen LogP contribution is 2.18. The van der Waals surface area contributed by atoms with Gasteiger partial charge in [0.2, 0.25) is 0 Å². The van der Waals surface area contributed by atoms with Gasteiger partial charge in [0.05, 0.1) is 0 Å². The zero-order chi connectivity index (χ0) is 13.0. The molecule has 0 amide bonds. The first kappa shape index (κ1) is 13.3. The third kappa shape index (κ3) is 3.21. The Kier molecular flexibility index (Phi) is 4.55. The van der Waals surface area contributed by atoms with Crippen LogP contribution in [0.2, 0.25) is 0 Å². The van der Waals surface area contributed by atoms with Gasteiger partial charge in [-0.2, -0.15) is 0 Å². The molecule has 2 N–H and O–H groups in total. The van der Waals surface area contributed by atoms with Gasteiger partial charge in [0.15, 0.2) is 0 Å². The van der Waals surface area contributed by atoms with Crippen molar-refractivity contribution in [2.45, 2.75) is 32.4 Å². The number of aromatic nitrogens is 2. The van der Waals surface area contributed by atoms with E-state index >= 15 is 0 Å². The van der Waals surface area contributed by atoms with Crippen molar-refractivity contribution >= 4 is 15.9 Å². The molecule has 1 unspecified atom stereocenters. The number of aryl methyl sites for hydroxylation is 1. The zero-order valence-electron chi connectivity index (χ0n) is 10.5. The lowest BCUT2D eigenvalue weighted by molar-refractivity contribution is 0.599. The summed E-state index contributed by atoms with van der Waals surface area (Å²) in [5.41, 5.74) is 7.38. The Bertz CT molecular complexity index is 490. The predicted molar refractivity (Wildman–Crippen MR) is 77.3 cm³/mol. The molecule has 0 aliphatic carbocycles. The molecular weight excluding hydrogens is 290 g/mol.